The van der Waals surface area contributed by atoms with E-state index in [1.165, 1.54) is 0 Å². The number of anilines is 1. The van der Waals surface area contributed by atoms with Crippen molar-refractivity contribution in [2.75, 3.05) is 11.9 Å². The summed E-state index contributed by atoms with van der Waals surface area (Å²) >= 11 is 5.96. The van der Waals surface area contributed by atoms with E-state index in [2.05, 4.69) is 25.7 Å². The van der Waals surface area contributed by atoms with Crippen LogP contribution in [0.3, 0.4) is 0 Å². The zero-order valence-electron chi connectivity index (χ0n) is 12.1. The van der Waals surface area contributed by atoms with Crippen LogP contribution in [0.25, 0.3) is 11.5 Å². The van der Waals surface area contributed by atoms with Gasteiger partial charge in [-0.15, -0.1) is 15.3 Å². The first-order chi connectivity index (χ1) is 11.3. The first-order valence-corrected chi connectivity index (χ1v) is 7.49. The van der Waals surface area contributed by atoms with Crippen molar-refractivity contribution in [3.8, 4) is 11.5 Å². The number of benzene rings is 1. The fourth-order valence-electron chi connectivity index (χ4n) is 2.37. The molecule has 0 bridgehead atoms. The number of hydrogen-bond acceptors (Lipinski definition) is 7. The summed E-state index contributed by atoms with van der Waals surface area (Å²) in [6.07, 6.45) is 0. The Kier molecular flexibility index (Phi) is 3.68. The van der Waals surface area contributed by atoms with Gasteiger partial charge in [0.15, 0.2) is 11.6 Å². The fraction of sp³-hybridized carbons (Fsp3) is 0.286. The average molecular weight is 333 g/mol. The molecule has 4 rings (SSSR count). The van der Waals surface area contributed by atoms with Crippen molar-refractivity contribution in [3.05, 3.63) is 40.9 Å². The van der Waals surface area contributed by atoms with E-state index in [1.807, 2.05) is 16.7 Å². The Morgan fingerprint density at radius 2 is 2.17 bits per heavy atom. The van der Waals surface area contributed by atoms with Crippen LogP contribution in [0.2, 0.25) is 5.02 Å². The van der Waals surface area contributed by atoms with Crippen molar-refractivity contribution in [3.63, 3.8) is 0 Å². The van der Waals surface area contributed by atoms with Gasteiger partial charge in [0.1, 0.15) is 6.61 Å². The maximum atomic E-state index is 5.96. The standard InChI is InChI=1S/C14H13ClN6O2/c15-10-3-1-2-9(6-10)13-19-20-14(23-13)16-7-11-17-18-12-8-22-5-4-21(11)12/h1-3,6H,4-5,7-8H2,(H,16,20). The molecule has 118 valence electrons. The second-order valence-corrected chi connectivity index (χ2v) is 5.45. The Bertz CT molecular complexity index is 830. The fourth-order valence-corrected chi connectivity index (χ4v) is 2.57. The molecular formula is C14H13ClN6O2. The number of halogens is 1. The number of fused-ring (bicyclic) bond motifs is 1. The first kappa shape index (κ1) is 14.2. The number of nitrogens with zero attached hydrogens (tertiary/aromatic N) is 5. The first-order valence-electron chi connectivity index (χ1n) is 7.11. The molecule has 3 aromatic rings. The molecule has 0 amide bonds. The molecule has 0 radical (unpaired) electrons. The second-order valence-electron chi connectivity index (χ2n) is 5.01. The Balaban J connectivity index is 1.47. The van der Waals surface area contributed by atoms with Gasteiger partial charge >= 0.3 is 6.01 Å². The van der Waals surface area contributed by atoms with E-state index in [1.54, 1.807) is 12.1 Å². The molecule has 0 aliphatic carbocycles. The van der Waals surface area contributed by atoms with Gasteiger partial charge in [-0.25, -0.2) is 0 Å². The number of hydrogen-bond donors (Lipinski definition) is 1. The van der Waals surface area contributed by atoms with Gasteiger partial charge in [0.05, 0.1) is 13.2 Å². The zero-order chi connectivity index (χ0) is 15.6. The Morgan fingerprint density at radius 1 is 1.22 bits per heavy atom. The number of nitrogens with one attached hydrogen (secondary N) is 1. The molecule has 0 saturated carbocycles. The summed E-state index contributed by atoms with van der Waals surface area (Å²) in [4.78, 5) is 0. The molecule has 0 spiro atoms. The van der Waals surface area contributed by atoms with Gasteiger partial charge in [0, 0.05) is 17.1 Å². The van der Waals surface area contributed by atoms with E-state index in [0.717, 1.165) is 23.8 Å². The highest BCUT2D eigenvalue weighted by Gasteiger charge is 2.16. The van der Waals surface area contributed by atoms with Crippen molar-refractivity contribution in [1.29, 1.82) is 0 Å². The monoisotopic (exact) mass is 332 g/mol. The quantitative estimate of drug-likeness (QED) is 0.782. The largest absolute Gasteiger partial charge is 0.403 e. The molecule has 1 N–H and O–H groups in total. The lowest BCUT2D eigenvalue weighted by atomic mass is 10.2. The molecule has 0 saturated heterocycles. The van der Waals surface area contributed by atoms with Crippen LogP contribution in [0.4, 0.5) is 6.01 Å². The highest BCUT2D eigenvalue weighted by molar-refractivity contribution is 6.30. The average Bonchev–Trinajstić information content (AvgIpc) is 3.20. The summed E-state index contributed by atoms with van der Waals surface area (Å²) in [5, 5.41) is 19.9. The van der Waals surface area contributed by atoms with Gasteiger partial charge in [-0.2, -0.15) is 0 Å². The molecule has 1 aliphatic rings. The predicted molar refractivity (Wildman–Crippen MR) is 81.7 cm³/mol. The molecule has 1 aliphatic heterocycles. The van der Waals surface area contributed by atoms with Gasteiger partial charge < -0.3 is 19.0 Å². The van der Waals surface area contributed by atoms with Crippen LogP contribution >= 0.6 is 11.6 Å². The summed E-state index contributed by atoms with van der Waals surface area (Å²) in [6.45, 7) is 2.35. The van der Waals surface area contributed by atoms with Crippen LogP contribution in [-0.4, -0.2) is 31.6 Å². The molecule has 8 nitrogen and oxygen atoms in total. The maximum Gasteiger partial charge on any atom is 0.316 e. The van der Waals surface area contributed by atoms with Crippen LogP contribution in [0.5, 0.6) is 0 Å². The molecule has 3 heterocycles. The predicted octanol–water partition coefficient (Wildman–Crippen LogP) is 2.12. The van der Waals surface area contributed by atoms with E-state index in [9.17, 15) is 0 Å². The molecule has 0 fully saturated rings. The zero-order valence-corrected chi connectivity index (χ0v) is 12.8. The molecule has 0 unspecified atom stereocenters. The van der Waals surface area contributed by atoms with Crippen LogP contribution in [0.1, 0.15) is 11.6 Å². The minimum atomic E-state index is 0.324. The number of aromatic nitrogens is 5. The Morgan fingerprint density at radius 3 is 3.09 bits per heavy atom. The van der Waals surface area contributed by atoms with Gasteiger partial charge in [0.25, 0.3) is 0 Å². The molecule has 1 aromatic carbocycles. The van der Waals surface area contributed by atoms with Crippen molar-refractivity contribution in [2.45, 2.75) is 19.7 Å². The van der Waals surface area contributed by atoms with Crippen LogP contribution in [-0.2, 0) is 24.4 Å². The van der Waals surface area contributed by atoms with Crippen LogP contribution in [0, 0.1) is 0 Å². The summed E-state index contributed by atoms with van der Waals surface area (Å²) in [6, 6.07) is 7.58. The third-order valence-corrected chi connectivity index (χ3v) is 3.72. The van der Waals surface area contributed by atoms with Crippen molar-refractivity contribution < 1.29 is 9.15 Å². The second kappa shape index (κ2) is 5.98. The third-order valence-electron chi connectivity index (χ3n) is 3.49. The molecule has 9 heteroatoms. The van der Waals surface area contributed by atoms with Crippen molar-refractivity contribution in [2.24, 2.45) is 0 Å². The number of rotatable bonds is 4. The topological polar surface area (TPSA) is 90.9 Å². The number of ether oxygens (including phenoxy) is 1. The van der Waals surface area contributed by atoms with Crippen LogP contribution < -0.4 is 5.32 Å². The minimum absolute atomic E-state index is 0.324. The van der Waals surface area contributed by atoms with Crippen LogP contribution in [0.15, 0.2) is 28.7 Å². The molecule has 0 atom stereocenters. The van der Waals surface area contributed by atoms with Crippen molar-refractivity contribution >= 4 is 17.6 Å². The summed E-state index contributed by atoms with van der Waals surface area (Å²) in [5.41, 5.74) is 0.773. The van der Waals surface area contributed by atoms with Gasteiger partial charge in [-0.1, -0.05) is 22.8 Å². The lowest BCUT2D eigenvalue weighted by Gasteiger charge is -2.15. The molecule has 2 aromatic heterocycles. The minimum Gasteiger partial charge on any atom is -0.403 e. The van der Waals surface area contributed by atoms with Gasteiger partial charge in [0.2, 0.25) is 5.89 Å². The summed E-state index contributed by atoms with van der Waals surface area (Å²) in [7, 11) is 0. The Labute approximate surface area is 136 Å². The Hall–Kier alpha value is -2.45. The SMILES string of the molecule is Clc1cccc(-c2nnc(NCc3nnc4n3CCOC4)o2)c1. The van der Waals surface area contributed by atoms with E-state index in [4.69, 9.17) is 20.8 Å². The third kappa shape index (κ3) is 2.90. The van der Waals surface area contributed by atoms with Gasteiger partial charge in [-0.05, 0) is 18.2 Å². The van der Waals surface area contributed by atoms with E-state index < -0.39 is 0 Å². The molecular weight excluding hydrogens is 320 g/mol. The molecule has 23 heavy (non-hydrogen) atoms. The summed E-state index contributed by atoms with van der Waals surface area (Å²) < 4.78 is 13.0. The van der Waals surface area contributed by atoms with E-state index in [-0.39, 0.29) is 0 Å². The van der Waals surface area contributed by atoms with Crippen molar-refractivity contribution in [1.82, 2.24) is 25.0 Å². The van der Waals surface area contributed by atoms with Gasteiger partial charge in [-0.3, -0.25) is 0 Å². The smallest absolute Gasteiger partial charge is 0.316 e. The normalized spacial score (nSPS) is 13.8. The van der Waals surface area contributed by atoms with E-state index >= 15 is 0 Å². The highest BCUT2D eigenvalue weighted by atomic mass is 35.5. The lowest BCUT2D eigenvalue weighted by Crippen LogP contribution is -2.19. The highest BCUT2D eigenvalue weighted by Crippen LogP contribution is 2.23. The summed E-state index contributed by atoms with van der Waals surface area (Å²) in [5.74, 6) is 2.05. The maximum absolute atomic E-state index is 5.96. The van der Waals surface area contributed by atoms with E-state index in [0.29, 0.717) is 36.7 Å². The lowest BCUT2D eigenvalue weighted by molar-refractivity contribution is 0.0807.